The third kappa shape index (κ3) is 7.61. The van der Waals surface area contributed by atoms with Gasteiger partial charge in [-0.2, -0.15) is 5.10 Å². The van der Waals surface area contributed by atoms with Crippen molar-refractivity contribution in [3.63, 3.8) is 0 Å². The van der Waals surface area contributed by atoms with Crippen LogP contribution in [0.3, 0.4) is 0 Å². The van der Waals surface area contributed by atoms with Crippen LogP contribution in [-0.4, -0.2) is 37.2 Å². The SMILES string of the molecule is CCOC(=O)c1c(NC(=O)C(=O)N/N=C(\C)c2ccc(OCc3ccc(Cl)cc3Cl)c(OC)c2)sc2c1CCCCC2. The van der Waals surface area contributed by atoms with Gasteiger partial charge < -0.3 is 19.5 Å². The van der Waals surface area contributed by atoms with Crippen molar-refractivity contribution in [1.29, 1.82) is 0 Å². The van der Waals surface area contributed by atoms with Gasteiger partial charge in [-0.25, -0.2) is 10.2 Å². The van der Waals surface area contributed by atoms with Gasteiger partial charge in [0, 0.05) is 26.0 Å². The number of carbonyl (C=O) groups excluding carboxylic acids is 3. The number of ether oxygens (including phenoxy) is 3. The van der Waals surface area contributed by atoms with Crippen LogP contribution >= 0.6 is 34.5 Å². The molecule has 0 atom stereocenters. The number of anilines is 1. The Morgan fingerprint density at radius 1 is 1.00 bits per heavy atom. The maximum atomic E-state index is 12.8. The number of nitrogens with one attached hydrogen (secondary N) is 2. The molecule has 0 spiro atoms. The van der Waals surface area contributed by atoms with Gasteiger partial charge >= 0.3 is 17.8 Å². The number of benzene rings is 2. The molecule has 42 heavy (non-hydrogen) atoms. The predicted octanol–water partition coefficient (Wildman–Crippen LogP) is 6.57. The van der Waals surface area contributed by atoms with Gasteiger partial charge in [-0.1, -0.05) is 35.7 Å². The van der Waals surface area contributed by atoms with E-state index >= 15 is 0 Å². The number of aryl methyl sites for hydroxylation is 1. The molecule has 4 rings (SSSR count). The zero-order chi connectivity index (χ0) is 30.2. The molecule has 1 aliphatic carbocycles. The zero-order valence-electron chi connectivity index (χ0n) is 23.5. The van der Waals surface area contributed by atoms with Gasteiger partial charge in [0.25, 0.3) is 0 Å². The smallest absolute Gasteiger partial charge is 0.341 e. The standard InChI is InChI=1S/C30H31Cl2N3O6S/c1-4-40-30(38)26-21-8-6-5-7-9-25(21)42-29(26)33-27(36)28(37)35-34-17(2)18-11-13-23(24(14-18)39-3)41-16-19-10-12-20(31)15-22(19)32/h10-15H,4-9,16H2,1-3H3,(H,33,36)(H,35,37)/b34-17+. The van der Waals surface area contributed by atoms with Crippen molar-refractivity contribution in [2.75, 3.05) is 19.0 Å². The molecule has 12 heteroatoms. The van der Waals surface area contributed by atoms with Crippen LogP contribution in [0.25, 0.3) is 0 Å². The maximum absolute atomic E-state index is 12.8. The number of nitrogens with zero attached hydrogens (tertiary/aromatic N) is 1. The lowest BCUT2D eigenvalue weighted by molar-refractivity contribution is -0.136. The van der Waals surface area contributed by atoms with Gasteiger partial charge in [-0.3, -0.25) is 9.59 Å². The molecule has 0 saturated carbocycles. The first-order valence-electron chi connectivity index (χ1n) is 13.4. The van der Waals surface area contributed by atoms with E-state index in [1.165, 1.54) is 18.4 Å². The average Bonchev–Trinajstić information content (AvgIpc) is 3.14. The molecule has 0 saturated heterocycles. The summed E-state index contributed by atoms with van der Waals surface area (Å²) in [5, 5.41) is 8.02. The van der Waals surface area contributed by atoms with Crippen LogP contribution in [0.4, 0.5) is 5.00 Å². The summed E-state index contributed by atoms with van der Waals surface area (Å²) in [4.78, 5) is 39.2. The fourth-order valence-corrected chi connectivity index (χ4v) is 6.20. The molecular weight excluding hydrogens is 601 g/mol. The number of hydrogen-bond donors (Lipinski definition) is 2. The Balaban J connectivity index is 1.42. The number of thiophene rings is 1. The van der Waals surface area contributed by atoms with Crippen molar-refractivity contribution >= 4 is 63.0 Å². The Labute approximate surface area is 258 Å². The summed E-state index contributed by atoms with van der Waals surface area (Å²) in [6, 6.07) is 10.3. The van der Waals surface area contributed by atoms with E-state index in [-0.39, 0.29) is 13.2 Å². The van der Waals surface area contributed by atoms with E-state index < -0.39 is 17.8 Å². The van der Waals surface area contributed by atoms with Crippen molar-refractivity contribution < 1.29 is 28.6 Å². The maximum Gasteiger partial charge on any atom is 0.341 e. The van der Waals surface area contributed by atoms with Crippen molar-refractivity contribution in [1.82, 2.24) is 5.43 Å². The third-order valence-corrected chi connectivity index (χ3v) is 8.43. The highest BCUT2D eigenvalue weighted by Crippen LogP contribution is 2.38. The highest BCUT2D eigenvalue weighted by atomic mass is 35.5. The molecule has 3 aromatic rings. The van der Waals surface area contributed by atoms with E-state index in [1.54, 1.807) is 50.2 Å². The minimum Gasteiger partial charge on any atom is -0.493 e. The van der Waals surface area contributed by atoms with Crippen molar-refractivity contribution in [3.8, 4) is 11.5 Å². The number of hydrazone groups is 1. The van der Waals surface area contributed by atoms with E-state index in [0.29, 0.717) is 43.4 Å². The molecule has 222 valence electrons. The van der Waals surface area contributed by atoms with E-state index in [9.17, 15) is 14.4 Å². The molecule has 1 heterocycles. The number of hydrogen-bond acceptors (Lipinski definition) is 8. The normalized spacial score (nSPS) is 13.0. The number of rotatable bonds is 9. The fourth-order valence-electron chi connectivity index (χ4n) is 4.47. The molecule has 0 fully saturated rings. The number of fused-ring (bicyclic) bond motifs is 1. The summed E-state index contributed by atoms with van der Waals surface area (Å²) in [5.41, 5.74) is 5.35. The van der Waals surface area contributed by atoms with Gasteiger partial charge in [0.2, 0.25) is 0 Å². The average molecular weight is 633 g/mol. The van der Waals surface area contributed by atoms with Gasteiger partial charge in [0.05, 0.1) is 25.0 Å². The first-order chi connectivity index (χ1) is 20.2. The van der Waals surface area contributed by atoms with Gasteiger partial charge in [-0.05, 0) is 75.4 Å². The molecule has 0 aliphatic heterocycles. The summed E-state index contributed by atoms with van der Waals surface area (Å²) in [6.45, 7) is 3.81. The Morgan fingerprint density at radius 2 is 1.79 bits per heavy atom. The largest absolute Gasteiger partial charge is 0.493 e. The highest BCUT2D eigenvalue weighted by molar-refractivity contribution is 7.17. The lowest BCUT2D eigenvalue weighted by Gasteiger charge is -2.13. The van der Waals surface area contributed by atoms with Crippen LogP contribution in [0.1, 0.15) is 65.0 Å². The second-order valence-corrected chi connectivity index (χ2v) is 11.4. The first kappa shape index (κ1) is 31.3. The van der Waals surface area contributed by atoms with Gasteiger partial charge in [0.15, 0.2) is 11.5 Å². The quantitative estimate of drug-likeness (QED) is 0.0907. The molecule has 2 amide bonds. The molecule has 2 N–H and O–H groups in total. The number of halogens is 2. The lowest BCUT2D eigenvalue weighted by atomic mass is 10.1. The molecule has 2 aromatic carbocycles. The zero-order valence-corrected chi connectivity index (χ0v) is 25.8. The van der Waals surface area contributed by atoms with Crippen LogP contribution in [0, 0.1) is 0 Å². The Morgan fingerprint density at radius 3 is 2.52 bits per heavy atom. The predicted molar refractivity (Wildman–Crippen MR) is 164 cm³/mol. The van der Waals surface area contributed by atoms with E-state index in [0.717, 1.165) is 48.1 Å². The minimum absolute atomic E-state index is 0.203. The molecule has 0 radical (unpaired) electrons. The van der Waals surface area contributed by atoms with Crippen LogP contribution in [0.5, 0.6) is 11.5 Å². The fraction of sp³-hybridized carbons (Fsp3) is 0.333. The van der Waals surface area contributed by atoms with E-state index in [1.807, 2.05) is 0 Å². The van der Waals surface area contributed by atoms with Crippen molar-refractivity contribution in [2.24, 2.45) is 5.10 Å². The monoisotopic (exact) mass is 631 g/mol. The molecule has 1 aromatic heterocycles. The summed E-state index contributed by atoms with van der Waals surface area (Å²) < 4.78 is 16.6. The second kappa shape index (κ2) is 14.5. The summed E-state index contributed by atoms with van der Waals surface area (Å²) in [6.07, 6.45) is 4.58. The molecule has 1 aliphatic rings. The summed E-state index contributed by atoms with van der Waals surface area (Å²) in [5.74, 6) is -1.48. The van der Waals surface area contributed by atoms with E-state index in [2.05, 4.69) is 15.8 Å². The van der Waals surface area contributed by atoms with Crippen LogP contribution in [0.15, 0.2) is 41.5 Å². The molecular formula is C30H31Cl2N3O6S. The lowest BCUT2D eigenvalue weighted by Crippen LogP contribution is -2.33. The van der Waals surface area contributed by atoms with Crippen molar-refractivity contribution in [3.05, 3.63) is 73.6 Å². The molecule has 0 unspecified atom stereocenters. The minimum atomic E-state index is -0.973. The summed E-state index contributed by atoms with van der Waals surface area (Å²) >= 11 is 13.5. The number of esters is 1. The van der Waals surface area contributed by atoms with Gasteiger partial charge in [0.1, 0.15) is 11.6 Å². The topological polar surface area (TPSA) is 115 Å². The molecule has 0 bridgehead atoms. The number of carbonyl (C=O) groups is 3. The number of amides is 2. The highest BCUT2D eigenvalue weighted by Gasteiger charge is 2.28. The number of methoxy groups -OCH3 is 1. The Hall–Kier alpha value is -3.60. The van der Waals surface area contributed by atoms with E-state index in [4.69, 9.17) is 37.4 Å². The van der Waals surface area contributed by atoms with Crippen LogP contribution in [0.2, 0.25) is 10.0 Å². The summed E-state index contributed by atoms with van der Waals surface area (Å²) in [7, 11) is 1.51. The molecule has 9 nitrogen and oxygen atoms in total. The van der Waals surface area contributed by atoms with Gasteiger partial charge in [-0.15, -0.1) is 11.3 Å². The van der Waals surface area contributed by atoms with Crippen molar-refractivity contribution in [2.45, 2.75) is 52.6 Å². The third-order valence-electron chi connectivity index (χ3n) is 6.64. The Kier molecular flexibility index (Phi) is 10.8. The van der Waals surface area contributed by atoms with Crippen LogP contribution in [-0.2, 0) is 33.8 Å². The Bertz CT molecular complexity index is 1520. The van der Waals surface area contributed by atoms with Crippen LogP contribution < -0.4 is 20.2 Å². The second-order valence-electron chi connectivity index (χ2n) is 9.47. The first-order valence-corrected chi connectivity index (χ1v) is 15.0.